The largest absolute Gasteiger partial charge is 0.416 e. The van der Waals surface area contributed by atoms with Crippen molar-refractivity contribution in [1.29, 1.82) is 0 Å². The third kappa shape index (κ3) is 5.28. The molecule has 38 heavy (non-hydrogen) atoms. The highest BCUT2D eigenvalue weighted by molar-refractivity contribution is 5.91. The molecule has 0 spiro atoms. The van der Waals surface area contributed by atoms with E-state index in [0.717, 1.165) is 40.7 Å². The molecule has 0 radical (unpaired) electrons. The van der Waals surface area contributed by atoms with Gasteiger partial charge in [0, 0.05) is 62.1 Å². The van der Waals surface area contributed by atoms with Gasteiger partial charge in [-0.05, 0) is 42.8 Å². The second-order valence-electron chi connectivity index (χ2n) is 9.31. The van der Waals surface area contributed by atoms with Gasteiger partial charge in [0.15, 0.2) is 0 Å². The average Bonchev–Trinajstić information content (AvgIpc) is 3.25. The number of aromatic nitrogens is 2. The quantitative estimate of drug-likeness (QED) is 0.304. The third-order valence-electron chi connectivity index (χ3n) is 6.90. The minimum atomic E-state index is -4.37. The molecule has 196 valence electrons. The number of carbonyl (C=O) groups is 1. The van der Waals surface area contributed by atoms with Crippen LogP contribution in [-0.2, 0) is 17.5 Å². The molecule has 6 nitrogen and oxygen atoms in total. The van der Waals surface area contributed by atoms with Crippen LogP contribution in [0.3, 0.4) is 0 Å². The van der Waals surface area contributed by atoms with Gasteiger partial charge < -0.3 is 9.88 Å². The van der Waals surface area contributed by atoms with Crippen LogP contribution in [0.5, 0.6) is 0 Å². The number of anilines is 3. The monoisotopic (exact) mass is 519 g/mol. The molecule has 9 heteroatoms. The smallest absolute Gasteiger partial charge is 0.369 e. The Kier molecular flexibility index (Phi) is 7.20. The van der Waals surface area contributed by atoms with Crippen LogP contribution in [0.15, 0.2) is 79.1 Å². The van der Waals surface area contributed by atoms with Crippen molar-refractivity contribution in [3.63, 3.8) is 0 Å². The van der Waals surface area contributed by atoms with Crippen molar-refractivity contribution in [3.05, 3.63) is 95.9 Å². The highest BCUT2D eigenvalue weighted by atomic mass is 19.4. The maximum Gasteiger partial charge on any atom is 0.416 e. The number of alkyl halides is 3. The van der Waals surface area contributed by atoms with Crippen LogP contribution in [0, 0.1) is 6.92 Å². The predicted molar refractivity (Wildman–Crippen MR) is 142 cm³/mol. The van der Waals surface area contributed by atoms with E-state index in [1.54, 1.807) is 35.5 Å². The zero-order valence-electron chi connectivity index (χ0n) is 20.9. The SMILES string of the molecule is Cc1[nH]c(-c2ccccc2)c(CN2CCN(c3cccc(C(F)(F)F)c3)CC2)c1N(C=O)c1ccncc1. The summed E-state index contributed by atoms with van der Waals surface area (Å²) >= 11 is 0. The first-order chi connectivity index (χ1) is 18.3. The average molecular weight is 520 g/mol. The van der Waals surface area contributed by atoms with Gasteiger partial charge in [-0.3, -0.25) is 19.6 Å². The first-order valence-corrected chi connectivity index (χ1v) is 12.4. The van der Waals surface area contributed by atoms with Gasteiger partial charge in [0.25, 0.3) is 0 Å². The van der Waals surface area contributed by atoms with Gasteiger partial charge in [-0.2, -0.15) is 13.2 Å². The van der Waals surface area contributed by atoms with Crippen LogP contribution in [0.4, 0.5) is 30.2 Å². The minimum Gasteiger partial charge on any atom is -0.369 e. The number of hydrogen-bond acceptors (Lipinski definition) is 4. The predicted octanol–water partition coefficient (Wildman–Crippen LogP) is 6.02. The van der Waals surface area contributed by atoms with Gasteiger partial charge in [-0.1, -0.05) is 36.4 Å². The van der Waals surface area contributed by atoms with Crippen molar-refractivity contribution in [1.82, 2.24) is 14.9 Å². The molecule has 1 aliphatic heterocycles. The summed E-state index contributed by atoms with van der Waals surface area (Å²) in [5.74, 6) is 0. The molecule has 0 aliphatic carbocycles. The second-order valence-corrected chi connectivity index (χ2v) is 9.31. The maximum atomic E-state index is 13.2. The first kappa shape index (κ1) is 25.5. The molecule has 3 heterocycles. The van der Waals surface area contributed by atoms with Crippen LogP contribution >= 0.6 is 0 Å². The van der Waals surface area contributed by atoms with Gasteiger partial charge in [0.05, 0.1) is 22.6 Å². The van der Waals surface area contributed by atoms with Gasteiger partial charge in [-0.15, -0.1) is 0 Å². The number of nitrogens with zero attached hydrogens (tertiary/aromatic N) is 4. The summed E-state index contributed by atoms with van der Waals surface area (Å²) in [6.45, 7) is 5.07. The van der Waals surface area contributed by atoms with Crippen molar-refractivity contribution in [2.75, 3.05) is 36.0 Å². The normalized spacial score (nSPS) is 14.5. The van der Waals surface area contributed by atoms with E-state index >= 15 is 0 Å². The second kappa shape index (κ2) is 10.7. The van der Waals surface area contributed by atoms with Crippen molar-refractivity contribution < 1.29 is 18.0 Å². The molecule has 4 aromatic rings. The molecule has 1 N–H and O–H groups in total. The van der Waals surface area contributed by atoms with Crippen LogP contribution < -0.4 is 9.80 Å². The molecule has 1 fully saturated rings. The molecular formula is C29H28F3N5O. The summed E-state index contributed by atoms with van der Waals surface area (Å²) in [4.78, 5) is 25.8. The Morgan fingerprint density at radius 3 is 2.34 bits per heavy atom. The van der Waals surface area contributed by atoms with E-state index in [1.807, 2.05) is 42.2 Å². The van der Waals surface area contributed by atoms with Crippen molar-refractivity contribution >= 4 is 23.5 Å². The fraction of sp³-hybridized carbons (Fsp3) is 0.241. The third-order valence-corrected chi connectivity index (χ3v) is 6.90. The number of H-pyrrole nitrogens is 1. The number of amides is 1. The summed E-state index contributed by atoms with van der Waals surface area (Å²) in [5.41, 5.74) is 5.27. The molecule has 2 aromatic heterocycles. The van der Waals surface area contributed by atoms with E-state index < -0.39 is 11.7 Å². The Labute approximate surface area is 219 Å². The standard InChI is InChI=1S/C29H28F3N5O/c1-21-28(37(20-38)24-10-12-33-13-11-24)26(27(34-21)22-6-3-2-4-7-22)19-35-14-16-36(17-15-35)25-9-5-8-23(18-25)29(30,31)32/h2-13,18,20,34H,14-17,19H2,1H3. The molecule has 1 amide bonds. The lowest BCUT2D eigenvalue weighted by Crippen LogP contribution is -2.46. The number of hydrogen-bond donors (Lipinski definition) is 1. The molecule has 0 saturated carbocycles. The first-order valence-electron chi connectivity index (χ1n) is 12.4. The van der Waals surface area contributed by atoms with Gasteiger partial charge in [-0.25, -0.2) is 0 Å². The maximum absolute atomic E-state index is 13.2. The zero-order valence-corrected chi connectivity index (χ0v) is 20.9. The van der Waals surface area contributed by atoms with E-state index in [4.69, 9.17) is 0 Å². The number of carbonyl (C=O) groups excluding carboxylic acids is 1. The molecular weight excluding hydrogens is 491 g/mol. The molecule has 0 atom stereocenters. The van der Waals surface area contributed by atoms with Crippen LogP contribution in [0.2, 0.25) is 0 Å². The van der Waals surface area contributed by atoms with E-state index in [2.05, 4.69) is 14.9 Å². The molecule has 1 aliphatic rings. The summed E-state index contributed by atoms with van der Waals surface area (Å²) < 4.78 is 39.6. The van der Waals surface area contributed by atoms with E-state index in [9.17, 15) is 18.0 Å². The van der Waals surface area contributed by atoms with Gasteiger partial charge in [0.2, 0.25) is 6.41 Å². The van der Waals surface area contributed by atoms with Crippen LogP contribution in [0.25, 0.3) is 11.3 Å². The highest BCUT2D eigenvalue weighted by Crippen LogP contribution is 2.38. The number of rotatable bonds is 7. The van der Waals surface area contributed by atoms with Crippen molar-refractivity contribution in [2.45, 2.75) is 19.6 Å². The Morgan fingerprint density at radius 2 is 1.68 bits per heavy atom. The summed E-state index contributed by atoms with van der Waals surface area (Å²) in [5, 5.41) is 0. The number of halogens is 3. The van der Waals surface area contributed by atoms with Gasteiger partial charge >= 0.3 is 6.18 Å². The van der Waals surface area contributed by atoms with Gasteiger partial charge in [0.1, 0.15) is 0 Å². The van der Waals surface area contributed by atoms with Crippen molar-refractivity contribution in [2.24, 2.45) is 0 Å². The van der Waals surface area contributed by atoms with E-state index in [-0.39, 0.29) is 0 Å². The Morgan fingerprint density at radius 1 is 0.974 bits per heavy atom. The summed E-state index contributed by atoms with van der Waals surface area (Å²) in [6.07, 6.45) is -0.250. The Bertz CT molecular complexity index is 1380. The van der Waals surface area contributed by atoms with Crippen LogP contribution in [-0.4, -0.2) is 47.5 Å². The number of aromatic amines is 1. The number of piperazine rings is 1. The highest BCUT2D eigenvalue weighted by Gasteiger charge is 2.31. The molecule has 0 bridgehead atoms. The number of pyridine rings is 1. The summed E-state index contributed by atoms with van der Waals surface area (Å²) in [7, 11) is 0. The lowest BCUT2D eigenvalue weighted by Gasteiger charge is -2.36. The fourth-order valence-corrected chi connectivity index (χ4v) is 5.01. The van der Waals surface area contributed by atoms with Crippen molar-refractivity contribution in [3.8, 4) is 11.3 Å². The summed E-state index contributed by atoms with van der Waals surface area (Å²) in [6, 6.07) is 19.1. The topological polar surface area (TPSA) is 55.5 Å². The number of benzene rings is 2. The minimum absolute atomic E-state index is 0.576. The lowest BCUT2D eigenvalue weighted by molar-refractivity contribution is -0.137. The lowest BCUT2D eigenvalue weighted by atomic mass is 10.0. The molecule has 5 rings (SSSR count). The Hall–Kier alpha value is -4.11. The molecule has 1 saturated heterocycles. The molecule has 0 unspecified atom stereocenters. The fourth-order valence-electron chi connectivity index (χ4n) is 5.01. The Balaban J connectivity index is 1.42. The molecule has 2 aromatic carbocycles. The van der Waals surface area contributed by atoms with E-state index in [0.29, 0.717) is 44.1 Å². The zero-order chi connectivity index (χ0) is 26.7. The van der Waals surface area contributed by atoms with Crippen LogP contribution in [0.1, 0.15) is 16.8 Å². The number of nitrogens with one attached hydrogen (secondary N) is 1. The van der Waals surface area contributed by atoms with E-state index in [1.165, 1.54) is 12.1 Å². The number of aryl methyl sites for hydroxylation is 1.